The second kappa shape index (κ2) is 13.0. The molecule has 32 heavy (non-hydrogen) atoms. The lowest BCUT2D eigenvalue weighted by Gasteiger charge is -2.22. The van der Waals surface area contributed by atoms with Crippen molar-refractivity contribution in [3.63, 3.8) is 0 Å². The van der Waals surface area contributed by atoms with Gasteiger partial charge in [0.2, 0.25) is 0 Å². The van der Waals surface area contributed by atoms with Gasteiger partial charge in [-0.25, -0.2) is 13.4 Å². The first-order chi connectivity index (χ1) is 15.0. The van der Waals surface area contributed by atoms with Crippen LogP contribution in [0.25, 0.3) is 0 Å². The summed E-state index contributed by atoms with van der Waals surface area (Å²) < 4.78 is 23.1. The van der Waals surface area contributed by atoms with E-state index in [1.807, 2.05) is 24.4 Å². The Bertz CT molecular complexity index is 972. The molecule has 2 heterocycles. The summed E-state index contributed by atoms with van der Waals surface area (Å²) in [5, 5.41) is 6.67. The predicted molar refractivity (Wildman–Crippen MR) is 142 cm³/mol. The van der Waals surface area contributed by atoms with E-state index in [2.05, 4.69) is 31.6 Å². The molecule has 1 aromatic carbocycles. The number of halogens is 1. The minimum atomic E-state index is -3.16. The van der Waals surface area contributed by atoms with Gasteiger partial charge in [0.25, 0.3) is 0 Å². The number of rotatable bonds is 7. The zero-order valence-corrected chi connectivity index (χ0v) is 22.0. The van der Waals surface area contributed by atoms with E-state index in [1.165, 1.54) is 37.5 Å². The van der Waals surface area contributed by atoms with E-state index in [-0.39, 0.29) is 24.0 Å². The minimum absolute atomic E-state index is 0. The summed E-state index contributed by atoms with van der Waals surface area (Å²) in [6.45, 7) is 3.54. The highest BCUT2D eigenvalue weighted by Gasteiger charge is 2.11. The van der Waals surface area contributed by atoms with Crippen LogP contribution in [-0.4, -0.2) is 52.3 Å². The molecule has 0 spiro atoms. The molecule has 1 aromatic heterocycles. The molecular formula is C23H34IN5O2S. The van der Waals surface area contributed by atoms with Crippen molar-refractivity contribution >= 4 is 45.6 Å². The van der Waals surface area contributed by atoms with Gasteiger partial charge in [0.05, 0.1) is 4.90 Å². The molecule has 2 aromatic rings. The van der Waals surface area contributed by atoms with Crippen LogP contribution < -0.4 is 15.5 Å². The molecule has 9 heteroatoms. The van der Waals surface area contributed by atoms with E-state index in [9.17, 15) is 8.42 Å². The van der Waals surface area contributed by atoms with Crippen LogP contribution in [0.4, 0.5) is 5.82 Å². The van der Waals surface area contributed by atoms with Crippen LogP contribution >= 0.6 is 24.0 Å². The van der Waals surface area contributed by atoms with Gasteiger partial charge in [-0.2, -0.15) is 0 Å². The fraction of sp³-hybridized carbons (Fsp3) is 0.478. The minimum Gasteiger partial charge on any atom is -0.357 e. The lowest BCUT2D eigenvalue weighted by atomic mass is 10.1. The number of nitrogens with zero attached hydrogens (tertiary/aromatic N) is 3. The number of guanidine groups is 1. The van der Waals surface area contributed by atoms with Crippen LogP contribution in [-0.2, 0) is 22.8 Å². The van der Waals surface area contributed by atoms with Gasteiger partial charge in [0, 0.05) is 45.7 Å². The van der Waals surface area contributed by atoms with Crippen LogP contribution in [0.5, 0.6) is 0 Å². The van der Waals surface area contributed by atoms with Crippen LogP contribution in [0.15, 0.2) is 52.5 Å². The molecule has 0 unspecified atom stereocenters. The number of hydrogen-bond acceptors (Lipinski definition) is 5. The number of hydrogen-bond donors (Lipinski definition) is 2. The fourth-order valence-electron chi connectivity index (χ4n) is 3.68. The van der Waals surface area contributed by atoms with Crippen molar-refractivity contribution in [2.75, 3.05) is 37.8 Å². The summed E-state index contributed by atoms with van der Waals surface area (Å²) in [6.07, 6.45) is 8.96. The van der Waals surface area contributed by atoms with Crippen LogP contribution in [0, 0.1) is 0 Å². The molecule has 3 rings (SSSR count). The van der Waals surface area contributed by atoms with Crippen LogP contribution in [0.1, 0.15) is 36.8 Å². The Morgan fingerprint density at radius 3 is 2.34 bits per heavy atom. The van der Waals surface area contributed by atoms with Crippen molar-refractivity contribution in [1.82, 2.24) is 15.6 Å². The number of nitrogens with one attached hydrogen (secondary N) is 2. The van der Waals surface area contributed by atoms with E-state index in [0.717, 1.165) is 36.9 Å². The topological polar surface area (TPSA) is 86.7 Å². The van der Waals surface area contributed by atoms with Gasteiger partial charge < -0.3 is 15.5 Å². The first kappa shape index (κ1) is 26.4. The molecule has 1 fully saturated rings. The van der Waals surface area contributed by atoms with Gasteiger partial charge in [0.15, 0.2) is 15.8 Å². The molecular weight excluding hydrogens is 537 g/mol. The number of aromatic nitrogens is 1. The molecule has 1 aliphatic heterocycles. The molecule has 0 atom stereocenters. The molecule has 1 aliphatic rings. The molecule has 2 N–H and O–H groups in total. The molecule has 0 bridgehead atoms. The number of sulfone groups is 1. The van der Waals surface area contributed by atoms with Crippen LogP contribution in [0.2, 0.25) is 0 Å². The Balaban J connectivity index is 0.00000363. The van der Waals surface area contributed by atoms with E-state index in [0.29, 0.717) is 18.0 Å². The standard InChI is InChI=1S/C23H33N5O2S.HI/c1-24-23(26-14-11-19-7-9-21(10-8-19)31(2,29)30)27-18-20-12-13-25-22(17-20)28-15-5-3-4-6-16-28;/h7-10,12-13,17H,3-6,11,14-16,18H2,1-2H3,(H2,24,26,27);1H. The summed E-state index contributed by atoms with van der Waals surface area (Å²) in [6, 6.07) is 11.2. The van der Waals surface area contributed by atoms with Gasteiger partial charge in [-0.3, -0.25) is 4.99 Å². The molecule has 0 saturated carbocycles. The Labute approximate surface area is 209 Å². The highest BCUT2D eigenvalue weighted by atomic mass is 127. The molecule has 0 radical (unpaired) electrons. The number of aliphatic imine (C=N–C) groups is 1. The number of anilines is 1. The van der Waals surface area contributed by atoms with Crippen LogP contribution in [0.3, 0.4) is 0 Å². The third-order valence-electron chi connectivity index (χ3n) is 5.48. The second-order valence-corrected chi connectivity index (χ2v) is 9.96. The largest absolute Gasteiger partial charge is 0.357 e. The average Bonchev–Trinajstić information content (AvgIpc) is 3.06. The SMILES string of the molecule is CN=C(NCCc1ccc(S(C)(=O)=O)cc1)NCc1ccnc(N2CCCCCC2)c1.I. The number of pyridine rings is 1. The van der Waals surface area contributed by atoms with Gasteiger partial charge in [0.1, 0.15) is 5.82 Å². The van der Waals surface area contributed by atoms with Crippen molar-refractivity contribution in [3.05, 3.63) is 53.7 Å². The molecule has 0 aliphatic carbocycles. The first-order valence-electron chi connectivity index (χ1n) is 10.9. The van der Waals surface area contributed by atoms with E-state index < -0.39 is 9.84 Å². The maximum absolute atomic E-state index is 11.6. The summed E-state index contributed by atoms with van der Waals surface area (Å²) in [4.78, 5) is 11.6. The normalized spacial score (nSPS) is 14.9. The maximum atomic E-state index is 11.6. The summed E-state index contributed by atoms with van der Waals surface area (Å²) >= 11 is 0. The van der Waals surface area contributed by atoms with Crippen molar-refractivity contribution in [2.24, 2.45) is 4.99 Å². The maximum Gasteiger partial charge on any atom is 0.191 e. The number of benzene rings is 1. The monoisotopic (exact) mass is 571 g/mol. The van der Waals surface area contributed by atoms with Crippen molar-refractivity contribution in [3.8, 4) is 0 Å². The molecule has 7 nitrogen and oxygen atoms in total. The van der Waals surface area contributed by atoms with Crippen molar-refractivity contribution in [1.29, 1.82) is 0 Å². The van der Waals surface area contributed by atoms with E-state index in [4.69, 9.17) is 0 Å². The van der Waals surface area contributed by atoms with Crippen molar-refractivity contribution in [2.45, 2.75) is 43.5 Å². The summed E-state index contributed by atoms with van der Waals surface area (Å²) in [5.41, 5.74) is 2.25. The Kier molecular flexibility index (Phi) is 10.7. The third kappa shape index (κ3) is 8.23. The van der Waals surface area contributed by atoms with Crippen molar-refractivity contribution < 1.29 is 8.42 Å². The van der Waals surface area contributed by atoms with Gasteiger partial charge in [-0.1, -0.05) is 25.0 Å². The third-order valence-corrected chi connectivity index (χ3v) is 6.61. The average molecular weight is 572 g/mol. The predicted octanol–water partition coefficient (Wildman–Crippen LogP) is 3.39. The van der Waals surface area contributed by atoms with E-state index in [1.54, 1.807) is 19.2 Å². The van der Waals surface area contributed by atoms with Gasteiger partial charge >= 0.3 is 0 Å². The highest BCUT2D eigenvalue weighted by Crippen LogP contribution is 2.18. The summed E-state index contributed by atoms with van der Waals surface area (Å²) in [5.74, 6) is 1.79. The molecule has 176 valence electrons. The van der Waals surface area contributed by atoms with Gasteiger partial charge in [-0.15, -0.1) is 24.0 Å². The lowest BCUT2D eigenvalue weighted by Crippen LogP contribution is -2.37. The van der Waals surface area contributed by atoms with Gasteiger partial charge in [-0.05, 0) is 54.7 Å². The second-order valence-electron chi connectivity index (χ2n) is 7.94. The Morgan fingerprint density at radius 1 is 1.03 bits per heavy atom. The smallest absolute Gasteiger partial charge is 0.191 e. The fourth-order valence-corrected chi connectivity index (χ4v) is 4.31. The quantitative estimate of drug-likeness (QED) is 0.301. The molecule has 0 amide bonds. The highest BCUT2D eigenvalue weighted by molar-refractivity contribution is 14.0. The van der Waals surface area contributed by atoms with E-state index >= 15 is 0 Å². The zero-order chi connectivity index (χ0) is 22.1. The Morgan fingerprint density at radius 2 is 1.72 bits per heavy atom. The molecule has 1 saturated heterocycles. The first-order valence-corrected chi connectivity index (χ1v) is 12.8. The zero-order valence-electron chi connectivity index (χ0n) is 18.9. The summed E-state index contributed by atoms with van der Waals surface area (Å²) in [7, 11) is -1.40. The lowest BCUT2D eigenvalue weighted by molar-refractivity contribution is 0.602. The Hall–Kier alpha value is -1.88.